The van der Waals surface area contributed by atoms with E-state index in [1.807, 2.05) is 20.8 Å². The van der Waals surface area contributed by atoms with Crippen molar-refractivity contribution in [1.29, 1.82) is 0 Å². The summed E-state index contributed by atoms with van der Waals surface area (Å²) in [5.41, 5.74) is 5.77. The Bertz CT molecular complexity index is 1080. The Hall–Kier alpha value is -3.00. The maximum Gasteiger partial charge on any atom is 0.420 e. The zero-order valence-electron chi connectivity index (χ0n) is 16.7. The lowest BCUT2D eigenvalue weighted by Crippen LogP contribution is -2.26. The molecule has 0 saturated carbocycles. The third-order valence-electron chi connectivity index (χ3n) is 4.74. The summed E-state index contributed by atoms with van der Waals surface area (Å²) < 4.78 is 50.7. The van der Waals surface area contributed by atoms with Gasteiger partial charge in [0.1, 0.15) is 23.5 Å². The quantitative estimate of drug-likeness (QED) is 0.558. The van der Waals surface area contributed by atoms with Gasteiger partial charge in [0.05, 0.1) is 6.61 Å². The fourth-order valence-corrected chi connectivity index (χ4v) is 3.45. The Morgan fingerprint density at radius 1 is 1.20 bits per heavy atom. The average molecular weight is 421 g/mol. The fourth-order valence-electron chi connectivity index (χ4n) is 3.45. The first kappa shape index (κ1) is 21.7. The van der Waals surface area contributed by atoms with E-state index >= 15 is 0 Å². The van der Waals surface area contributed by atoms with Gasteiger partial charge in [0.25, 0.3) is 0 Å². The van der Waals surface area contributed by atoms with Gasteiger partial charge in [-0.05, 0) is 34.9 Å². The van der Waals surface area contributed by atoms with Crippen LogP contribution < -0.4 is 5.73 Å². The largest absolute Gasteiger partial charge is 0.463 e. The highest BCUT2D eigenvalue weighted by Gasteiger charge is 2.35. The smallest absolute Gasteiger partial charge is 0.420 e. The number of ether oxygens (including phenoxy) is 1. The molecule has 30 heavy (non-hydrogen) atoms. The Balaban J connectivity index is 2.20. The molecule has 1 unspecified atom stereocenters. The van der Waals surface area contributed by atoms with E-state index in [-0.39, 0.29) is 11.0 Å². The molecule has 3 N–H and O–H groups in total. The van der Waals surface area contributed by atoms with Crippen LogP contribution in [0.1, 0.15) is 43.6 Å². The molecule has 3 aromatic rings. The van der Waals surface area contributed by atoms with Crippen molar-refractivity contribution in [3.8, 4) is 11.1 Å². The molecule has 160 valence electrons. The van der Waals surface area contributed by atoms with E-state index in [1.165, 1.54) is 6.07 Å². The van der Waals surface area contributed by atoms with Crippen LogP contribution in [0.15, 0.2) is 47.1 Å². The van der Waals surface area contributed by atoms with Crippen molar-refractivity contribution in [2.45, 2.75) is 39.7 Å². The zero-order chi connectivity index (χ0) is 22.3. The van der Waals surface area contributed by atoms with Crippen LogP contribution in [0, 0.1) is 5.41 Å². The van der Waals surface area contributed by atoms with Crippen molar-refractivity contribution in [2.75, 3.05) is 0 Å². The van der Waals surface area contributed by atoms with Gasteiger partial charge >= 0.3 is 12.3 Å². The van der Waals surface area contributed by atoms with Gasteiger partial charge in [-0.15, -0.1) is 0 Å². The van der Waals surface area contributed by atoms with Crippen molar-refractivity contribution in [3.63, 3.8) is 0 Å². The Morgan fingerprint density at radius 2 is 1.90 bits per heavy atom. The fraction of sp³-hybridized carbons (Fsp3) is 0.318. The zero-order valence-corrected chi connectivity index (χ0v) is 16.7. The first-order valence-corrected chi connectivity index (χ1v) is 9.20. The summed E-state index contributed by atoms with van der Waals surface area (Å²) in [5.74, 6) is 0. The summed E-state index contributed by atoms with van der Waals surface area (Å²) in [6.45, 7) is 5.19. The molecule has 2 aromatic carbocycles. The van der Waals surface area contributed by atoms with Crippen LogP contribution in [0.25, 0.3) is 22.1 Å². The predicted octanol–water partition coefficient (Wildman–Crippen LogP) is 5.79. The first-order chi connectivity index (χ1) is 13.9. The number of alkyl halides is 3. The second kappa shape index (κ2) is 7.68. The van der Waals surface area contributed by atoms with E-state index in [1.54, 1.807) is 30.3 Å². The van der Waals surface area contributed by atoms with Crippen molar-refractivity contribution in [3.05, 3.63) is 59.4 Å². The van der Waals surface area contributed by atoms with Crippen LogP contribution in [-0.4, -0.2) is 11.2 Å². The maximum atomic E-state index is 13.4. The number of primary amides is 1. The number of aliphatic hydroxyl groups excluding tert-OH is 1. The molecule has 0 aliphatic rings. The minimum absolute atomic E-state index is 0.0554. The van der Waals surface area contributed by atoms with E-state index in [0.29, 0.717) is 28.5 Å². The van der Waals surface area contributed by atoms with Crippen LogP contribution in [0.3, 0.4) is 0 Å². The monoisotopic (exact) mass is 421 g/mol. The highest BCUT2D eigenvalue weighted by Crippen LogP contribution is 2.42. The third-order valence-corrected chi connectivity index (χ3v) is 4.74. The van der Waals surface area contributed by atoms with E-state index < -0.39 is 36.0 Å². The van der Waals surface area contributed by atoms with Gasteiger partial charge < -0.3 is 20.0 Å². The molecule has 5 nitrogen and oxygen atoms in total. The van der Waals surface area contributed by atoms with Crippen LogP contribution in [0.2, 0.25) is 0 Å². The standard InChI is InChI=1S/C22H22F3NO4/c1-21(2,3)19(30-20(26)28)14-6-4-5-13(9-14)15-7-12(10-27)8-16-17(22(23,24)25)11-29-18(15)16/h4-9,11,19,27H,10H2,1-3H3,(H2,26,28). The number of carbonyl (C=O) groups is 1. The van der Waals surface area contributed by atoms with Crippen LogP contribution in [-0.2, 0) is 17.5 Å². The molecule has 1 amide bonds. The van der Waals surface area contributed by atoms with E-state index in [9.17, 15) is 23.1 Å². The average Bonchev–Trinajstić information content (AvgIpc) is 3.08. The van der Waals surface area contributed by atoms with E-state index in [2.05, 4.69) is 0 Å². The number of halogens is 3. The van der Waals surface area contributed by atoms with Gasteiger partial charge in [0.15, 0.2) is 0 Å². The van der Waals surface area contributed by atoms with Crippen molar-refractivity contribution >= 4 is 17.1 Å². The Morgan fingerprint density at radius 3 is 2.47 bits per heavy atom. The summed E-state index contributed by atoms with van der Waals surface area (Å²) in [7, 11) is 0. The lowest BCUT2D eigenvalue weighted by Gasteiger charge is -2.30. The summed E-state index contributed by atoms with van der Waals surface area (Å²) in [6.07, 6.45) is -5.52. The minimum atomic E-state index is -4.59. The maximum absolute atomic E-state index is 13.4. The molecule has 0 saturated heterocycles. The third kappa shape index (κ3) is 4.28. The Kier molecular flexibility index (Phi) is 5.56. The number of amides is 1. The molecular formula is C22H22F3NO4. The second-order valence-corrected chi connectivity index (χ2v) is 8.13. The molecule has 0 radical (unpaired) electrons. The number of hydrogen-bond acceptors (Lipinski definition) is 4. The molecule has 8 heteroatoms. The van der Waals surface area contributed by atoms with Gasteiger partial charge in [0, 0.05) is 16.4 Å². The number of fused-ring (bicyclic) bond motifs is 1. The molecular weight excluding hydrogens is 399 g/mol. The van der Waals surface area contributed by atoms with Gasteiger partial charge in [-0.3, -0.25) is 0 Å². The second-order valence-electron chi connectivity index (χ2n) is 8.13. The SMILES string of the molecule is CC(C)(C)C(OC(N)=O)c1cccc(-c2cc(CO)cc3c(C(F)(F)F)coc23)c1. The van der Waals surface area contributed by atoms with Gasteiger partial charge in [0.2, 0.25) is 0 Å². The molecule has 1 atom stereocenters. The lowest BCUT2D eigenvalue weighted by molar-refractivity contribution is -0.136. The van der Waals surface area contributed by atoms with Crippen molar-refractivity contribution in [1.82, 2.24) is 0 Å². The number of carbonyl (C=O) groups excluding carboxylic acids is 1. The van der Waals surface area contributed by atoms with Gasteiger partial charge in [-0.1, -0.05) is 39.0 Å². The summed E-state index contributed by atoms with van der Waals surface area (Å²) >= 11 is 0. The molecule has 0 aliphatic carbocycles. The van der Waals surface area contributed by atoms with Crippen LogP contribution in [0.5, 0.6) is 0 Å². The van der Waals surface area contributed by atoms with E-state index in [4.69, 9.17) is 14.9 Å². The molecule has 0 aliphatic heterocycles. The molecule has 1 heterocycles. The number of nitrogens with two attached hydrogens (primary N) is 1. The molecule has 1 aromatic heterocycles. The predicted molar refractivity (Wildman–Crippen MR) is 105 cm³/mol. The topological polar surface area (TPSA) is 85.7 Å². The van der Waals surface area contributed by atoms with Crippen LogP contribution in [0.4, 0.5) is 18.0 Å². The normalized spacial score (nSPS) is 13.4. The molecule has 0 spiro atoms. The summed E-state index contributed by atoms with van der Waals surface area (Å²) in [4.78, 5) is 11.4. The Labute approximate surface area is 171 Å². The van der Waals surface area contributed by atoms with Crippen molar-refractivity contribution < 1.29 is 32.2 Å². The number of hydrogen-bond donors (Lipinski definition) is 2. The van der Waals surface area contributed by atoms with Gasteiger partial charge in [-0.25, -0.2) is 4.79 Å². The number of rotatable bonds is 4. The number of benzene rings is 2. The highest BCUT2D eigenvalue weighted by molar-refractivity contribution is 5.95. The molecule has 0 fully saturated rings. The highest BCUT2D eigenvalue weighted by atomic mass is 19.4. The summed E-state index contributed by atoms with van der Waals surface area (Å²) in [5, 5.41) is 9.44. The van der Waals surface area contributed by atoms with Crippen molar-refractivity contribution in [2.24, 2.45) is 11.1 Å². The first-order valence-electron chi connectivity index (χ1n) is 9.20. The van der Waals surface area contributed by atoms with E-state index in [0.717, 1.165) is 0 Å². The van der Waals surface area contributed by atoms with Gasteiger partial charge in [-0.2, -0.15) is 13.2 Å². The summed E-state index contributed by atoms with van der Waals surface area (Å²) in [6, 6.07) is 9.72. The van der Waals surface area contributed by atoms with Crippen LogP contribution >= 0.6 is 0 Å². The molecule has 0 bridgehead atoms. The number of furan rings is 1. The number of aliphatic hydroxyl groups is 1. The lowest BCUT2D eigenvalue weighted by atomic mass is 9.83. The minimum Gasteiger partial charge on any atom is -0.463 e. The molecule has 3 rings (SSSR count).